The summed E-state index contributed by atoms with van der Waals surface area (Å²) in [7, 11) is 3.02. The summed E-state index contributed by atoms with van der Waals surface area (Å²) in [5, 5.41) is 3.26. The van der Waals surface area contributed by atoms with E-state index in [1.54, 1.807) is 44.5 Å². The number of fused-ring (bicyclic) bond motifs is 1. The average Bonchev–Trinajstić information content (AvgIpc) is 3.31. The van der Waals surface area contributed by atoms with Crippen LogP contribution in [0.15, 0.2) is 65.8 Å². The van der Waals surface area contributed by atoms with Gasteiger partial charge in [0.2, 0.25) is 5.95 Å². The van der Waals surface area contributed by atoms with Crippen molar-refractivity contribution in [2.24, 2.45) is 7.05 Å². The van der Waals surface area contributed by atoms with Gasteiger partial charge in [0.1, 0.15) is 11.4 Å². The highest BCUT2D eigenvalue weighted by Crippen LogP contribution is 2.38. The highest BCUT2D eigenvalue weighted by molar-refractivity contribution is 6.04. The molecule has 1 fully saturated rings. The molecule has 5 aromatic rings. The van der Waals surface area contributed by atoms with Gasteiger partial charge >= 0.3 is 5.69 Å². The second-order valence-corrected chi connectivity index (χ2v) is 10.8. The number of nitrogens with one attached hydrogen (secondary N) is 1. The van der Waals surface area contributed by atoms with Crippen molar-refractivity contribution in [1.82, 2.24) is 29.0 Å². The number of carbonyl (C=O) groups is 1. The molecule has 0 radical (unpaired) electrons. The van der Waals surface area contributed by atoms with Crippen molar-refractivity contribution < 1.29 is 28.1 Å². The van der Waals surface area contributed by atoms with Crippen LogP contribution in [-0.2, 0) is 11.8 Å². The molecule has 1 aliphatic rings. The summed E-state index contributed by atoms with van der Waals surface area (Å²) >= 11 is 0. The zero-order valence-electron chi connectivity index (χ0n) is 26.2. The molecule has 1 saturated heterocycles. The van der Waals surface area contributed by atoms with Gasteiger partial charge in [0, 0.05) is 68.5 Å². The van der Waals surface area contributed by atoms with E-state index in [1.807, 2.05) is 0 Å². The molecular formula is C33H34FN7O6. The van der Waals surface area contributed by atoms with E-state index in [1.165, 1.54) is 40.7 Å². The van der Waals surface area contributed by atoms with Crippen LogP contribution < -0.4 is 25.2 Å². The van der Waals surface area contributed by atoms with E-state index >= 15 is 4.39 Å². The molecule has 0 aliphatic carbocycles. The molecule has 4 heterocycles. The number of halogens is 1. The number of pyridine rings is 1. The Hall–Kier alpha value is -5.34. The summed E-state index contributed by atoms with van der Waals surface area (Å²) in [6.07, 6.45) is 5.42. The molecule has 2 aromatic carbocycles. The van der Waals surface area contributed by atoms with Crippen molar-refractivity contribution in [3.05, 3.63) is 88.7 Å². The first-order valence-electron chi connectivity index (χ1n) is 15.1. The van der Waals surface area contributed by atoms with Crippen LogP contribution in [0.25, 0.3) is 16.9 Å². The minimum Gasteiger partial charge on any atom is -0.493 e. The van der Waals surface area contributed by atoms with Gasteiger partial charge < -0.3 is 24.3 Å². The minimum absolute atomic E-state index is 0.0612. The molecule has 0 unspecified atom stereocenters. The number of imidazole rings is 1. The van der Waals surface area contributed by atoms with Gasteiger partial charge in [-0.1, -0.05) is 0 Å². The number of benzene rings is 2. The fourth-order valence-corrected chi connectivity index (χ4v) is 5.45. The highest BCUT2D eigenvalue weighted by atomic mass is 19.1. The molecule has 0 bridgehead atoms. The van der Waals surface area contributed by atoms with Gasteiger partial charge in [-0.25, -0.2) is 23.7 Å². The number of methoxy groups -OCH3 is 1. The number of hydrogen-bond donors (Lipinski definition) is 1. The van der Waals surface area contributed by atoms with Gasteiger partial charge in [-0.3, -0.25) is 19.2 Å². The Balaban J connectivity index is 1.16. The maximum Gasteiger partial charge on any atom is 0.335 e. The summed E-state index contributed by atoms with van der Waals surface area (Å²) < 4.78 is 40.8. The van der Waals surface area contributed by atoms with Crippen LogP contribution in [0, 0.1) is 12.7 Å². The summed E-state index contributed by atoms with van der Waals surface area (Å²) in [5.41, 5.74) is 0.693. The van der Waals surface area contributed by atoms with Crippen molar-refractivity contribution in [3.8, 4) is 28.9 Å². The molecule has 0 saturated carbocycles. The van der Waals surface area contributed by atoms with Crippen molar-refractivity contribution in [1.29, 1.82) is 0 Å². The van der Waals surface area contributed by atoms with E-state index in [0.717, 1.165) is 45.3 Å². The third kappa shape index (κ3) is 6.78. The highest BCUT2D eigenvalue weighted by Gasteiger charge is 2.23. The molecule has 0 spiro atoms. The Bertz CT molecular complexity index is 1960. The summed E-state index contributed by atoms with van der Waals surface area (Å²) in [6, 6.07) is 10.8. The van der Waals surface area contributed by atoms with Crippen molar-refractivity contribution in [2.45, 2.75) is 13.3 Å². The van der Waals surface area contributed by atoms with Crippen LogP contribution >= 0.6 is 0 Å². The van der Waals surface area contributed by atoms with E-state index < -0.39 is 17.4 Å². The fraction of sp³-hybridized carbons (Fsp3) is 0.303. The van der Waals surface area contributed by atoms with E-state index in [9.17, 15) is 9.59 Å². The van der Waals surface area contributed by atoms with Crippen molar-refractivity contribution >= 4 is 22.5 Å². The number of rotatable bonds is 11. The SMILES string of the molecule is COc1cc2c(Oc3ccc(NC(=O)c4c(C)n(-c5ncccn5)c(=O)n4C)cc3F)ccnc2cc1OCCCN1CCOCC1. The van der Waals surface area contributed by atoms with Crippen LogP contribution in [-0.4, -0.2) is 81.5 Å². The van der Waals surface area contributed by atoms with Crippen molar-refractivity contribution in [3.63, 3.8) is 0 Å². The molecular weight excluding hydrogens is 609 g/mol. The first kappa shape index (κ1) is 31.6. The number of ether oxygens (including phenoxy) is 4. The Kier molecular flexibility index (Phi) is 9.40. The van der Waals surface area contributed by atoms with Crippen LogP contribution in [0.3, 0.4) is 0 Å². The quantitative estimate of drug-likeness (QED) is 0.210. The maximum absolute atomic E-state index is 15.3. The third-order valence-corrected chi connectivity index (χ3v) is 7.84. The second-order valence-electron chi connectivity index (χ2n) is 10.8. The van der Waals surface area contributed by atoms with Crippen LogP contribution in [0.5, 0.6) is 23.0 Å². The molecule has 13 nitrogen and oxygen atoms in total. The smallest absolute Gasteiger partial charge is 0.335 e. The second kappa shape index (κ2) is 14.0. The molecule has 1 N–H and O–H groups in total. The molecule has 14 heteroatoms. The molecule has 3 aromatic heterocycles. The van der Waals surface area contributed by atoms with E-state index in [-0.39, 0.29) is 23.1 Å². The standard InChI is InChI=1S/C33H34FN7O6/c1-21-30(39(2)33(43)41(21)32-36-9-4-10-37-32)31(42)38-22-6-7-27(24(34)18-22)47-26-8-11-35-25-20-29(28(44-3)19-23(25)26)46-15-5-12-40-13-16-45-17-14-40/h4,6-11,18-20H,5,12-17H2,1-3H3,(H,38,42). The number of hydrogen-bond acceptors (Lipinski definition) is 10. The van der Waals surface area contributed by atoms with Gasteiger partial charge in [-0.2, -0.15) is 0 Å². The fourth-order valence-electron chi connectivity index (χ4n) is 5.45. The Morgan fingerprint density at radius 2 is 1.79 bits per heavy atom. The predicted molar refractivity (Wildman–Crippen MR) is 171 cm³/mol. The summed E-state index contributed by atoms with van der Waals surface area (Å²) in [6.45, 7) is 6.39. The predicted octanol–water partition coefficient (Wildman–Crippen LogP) is 4.12. The average molecular weight is 644 g/mol. The first-order valence-corrected chi connectivity index (χ1v) is 15.1. The number of nitrogens with zero attached hydrogens (tertiary/aromatic N) is 6. The lowest BCUT2D eigenvalue weighted by Crippen LogP contribution is -2.37. The molecule has 47 heavy (non-hydrogen) atoms. The topological polar surface area (TPSA) is 135 Å². The lowest BCUT2D eigenvalue weighted by Gasteiger charge is -2.26. The number of morpholine rings is 1. The largest absolute Gasteiger partial charge is 0.493 e. The first-order chi connectivity index (χ1) is 22.8. The molecule has 6 rings (SSSR count). The molecule has 244 valence electrons. The Labute approximate surface area is 269 Å². The van der Waals surface area contributed by atoms with E-state index in [4.69, 9.17) is 18.9 Å². The summed E-state index contributed by atoms with van der Waals surface area (Å²) in [5.74, 6) is 0.181. The number of carbonyl (C=O) groups excluding carboxylic acids is 1. The lowest BCUT2D eigenvalue weighted by atomic mass is 10.1. The Morgan fingerprint density at radius 3 is 2.53 bits per heavy atom. The molecule has 1 aliphatic heterocycles. The van der Waals surface area contributed by atoms with Gasteiger partial charge in [-0.15, -0.1) is 0 Å². The summed E-state index contributed by atoms with van der Waals surface area (Å²) in [4.78, 5) is 41.1. The normalized spacial score (nSPS) is 13.4. The van der Waals surface area contributed by atoms with Crippen molar-refractivity contribution in [2.75, 3.05) is 51.9 Å². The van der Waals surface area contributed by atoms with Gasteiger partial charge in [0.25, 0.3) is 5.91 Å². The minimum atomic E-state index is -0.708. The molecule has 1 amide bonds. The zero-order valence-corrected chi connectivity index (χ0v) is 26.2. The lowest BCUT2D eigenvalue weighted by molar-refractivity contribution is 0.0357. The Morgan fingerprint density at radius 1 is 1.00 bits per heavy atom. The monoisotopic (exact) mass is 643 g/mol. The van der Waals surface area contributed by atoms with Gasteiger partial charge in [-0.05, 0) is 43.7 Å². The zero-order chi connectivity index (χ0) is 32.9. The van der Waals surface area contributed by atoms with E-state index in [0.29, 0.717) is 40.5 Å². The maximum atomic E-state index is 15.3. The number of aromatic nitrogens is 5. The van der Waals surface area contributed by atoms with Crippen LogP contribution in [0.1, 0.15) is 22.6 Å². The van der Waals surface area contributed by atoms with Crippen LogP contribution in [0.2, 0.25) is 0 Å². The number of anilines is 1. The third-order valence-electron chi connectivity index (χ3n) is 7.84. The number of amides is 1. The molecule has 0 atom stereocenters. The van der Waals surface area contributed by atoms with Crippen LogP contribution in [0.4, 0.5) is 10.1 Å². The van der Waals surface area contributed by atoms with Gasteiger partial charge in [0.05, 0.1) is 38.1 Å². The van der Waals surface area contributed by atoms with Gasteiger partial charge in [0.15, 0.2) is 23.1 Å². The van der Waals surface area contributed by atoms with E-state index in [2.05, 4.69) is 25.2 Å².